The quantitative estimate of drug-likeness (QED) is 0.378. The minimum Gasteiger partial charge on any atom is -0.295 e. The van der Waals surface area contributed by atoms with Crippen LogP contribution in [-0.4, -0.2) is 30.4 Å². The monoisotopic (exact) mass is 201 g/mol. The molecule has 0 aliphatic rings. The van der Waals surface area contributed by atoms with Crippen molar-refractivity contribution in [2.45, 2.75) is 39.7 Å². The molecule has 0 spiro atoms. The van der Waals surface area contributed by atoms with Gasteiger partial charge in [0, 0.05) is 0 Å². The van der Waals surface area contributed by atoms with E-state index in [0.29, 0.717) is 0 Å². The Morgan fingerprint density at radius 2 is 2.07 bits per heavy atom. The van der Waals surface area contributed by atoms with Crippen molar-refractivity contribution in [1.82, 2.24) is 10.3 Å². The first kappa shape index (κ1) is 13.4. The Kier molecular flexibility index (Phi) is 6.49. The van der Waals surface area contributed by atoms with Crippen molar-refractivity contribution in [3.8, 4) is 0 Å². The van der Waals surface area contributed by atoms with Crippen LogP contribution in [0.3, 0.4) is 0 Å². The molecule has 0 aliphatic carbocycles. The van der Waals surface area contributed by atoms with E-state index in [2.05, 4.69) is 17.2 Å². The molecule has 0 bridgehead atoms. The summed E-state index contributed by atoms with van der Waals surface area (Å²) in [6.07, 6.45) is 2.25. The summed E-state index contributed by atoms with van der Waals surface area (Å²) < 4.78 is 0. The van der Waals surface area contributed by atoms with Crippen molar-refractivity contribution in [2.75, 3.05) is 13.6 Å². The molecule has 4 heteroatoms. The highest BCUT2D eigenvalue weighted by Crippen LogP contribution is 2.09. The molecular formula is C10H23N3O. The van der Waals surface area contributed by atoms with Gasteiger partial charge in [-0.05, 0) is 25.9 Å². The highest BCUT2D eigenvalue weighted by molar-refractivity contribution is 5.81. The standard InChI is InChI=1S/C10H23N3O/c1-5-6-7-13(4)9(8(2)3)10(14)12-11/h8-9H,5-7,11H2,1-4H3,(H,12,14). The van der Waals surface area contributed by atoms with Crippen LogP contribution in [-0.2, 0) is 4.79 Å². The first-order chi connectivity index (χ1) is 6.54. The molecule has 0 aliphatic heterocycles. The van der Waals surface area contributed by atoms with Gasteiger partial charge in [0.15, 0.2) is 0 Å². The van der Waals surface area contributed by atoms with Gasteiger partial charge in [-0.15, -0.1) is 0 Å². The zero-order chi connectivity index (χ0) is 11.1. The largest absolute Gasteiger partial charge is 0.295 e. The Balaban J connectivity index is 4.25. The smallest absolute Gasteiger partial charge is 0.251 e. The molecule has 0 heterocycles. The second kappa shape index (κ2) is 6.79. The average molecular weight is 201 g/mol. The van der Waals surface area contributed by atoms with Crippen LogP contribution in [0.4, 0.5) is 0 Å². The van der Waals surface area contributed by atoms with Gasteiger partial charge in [-0.3, -0.25) is 15.1 Å². The number of amides is 1. The van der Waals surface area contributed by atoms with Crippen LogP contribution < -0.4 is 11.3 Å². The fraction of sp³-hybridized carbons (Fsp3) is 0.900. The van der Waals surface area contributed by atoms with Crippen molar-refractivity contribution >= 4 is 5.91 Å². The second-order valence-corrected chi connectivity index (χ2v) is 4.03. The van der Waals surface area contributed by atoms with Crippen molar-refractivity contribution in [3.63, 3.8) is 0 Å². The third kappa shape index (κ3) is 4.07. The lowest BCUT2D eigenvalue weighted by Gasteiger charge is -2.29. The van der Waals surface area contributed by atoms with Gasteiger partial charge >= 0.3 is 0 Å². The van der Waals surface area contributed by atoms with Gasteiger partial charge in [0.05, 0.1) is 6.04 Å². The van der Waals surface area contributed by atoms with Crippen molar-refractivity contribution < 1.29 is 4.79 Å². The number of hydrogen-bond acceptors (Lipinski definition) is 3. The zero-order valence-electron chi connectivity index (χ0n) is 9.71. The number of nitrogens with one attached hydrogen (secondary N) is 1. The van der Waals surface area contributed by atoms with E-state index in [9.17, 15) is 4.79 Å². The molecule has 0 saturated carbocycles. The summed E-state index contributed by atoms with van der Waals surface area (Å²) >= 11 is 0. The van der Waals surface area contributed by atoms with Crippen molar-refractivity contribution in [2.24, 2.45) is 11.8 Å². The number of rotatable bonds is 6. The Morgan fingerprint density at radius 3 is 2.43 bits per heavy atom. The number of unbranched alkanes of at least 4 members (excludes halogenated alkanes) is 1. The van der Waals surface area contributed by atoms with Gasteiger partial charge < -0.3 is 0 Å². The molecule has 3 N–H and O–H groups in total. The molecule has 4 nitrogen and oxygen atoms in total. The molecule has 0 aromatic rings. The summed E-state index contributed by atoms with van der Waals surface area (Å²) in [5.41, 5.74) is 2.22. The van der Waals surface area contributed by atoms with Crippen LogP contribution in [0, 0.1) is 5.92 Å². The molecule has 1 amide bonds. The maximum atomic E-state index is 11.5. The van der Waals surface area contributed by atoms with Crippen LogP contribution in [0.1, 0.15) is 33.6 Å². The van der Waals surface area contributed by atoms with Gasteiger partial charge in [-0.1, -0.05) is 27.2 Å². The van der Waals surface area contributed by atoms with Gasteiger partial charge in [0.2, 0.25) is 0 Å². The first-order valence-corrected chi connectivity index (χ1v) is 5.25. The van der Waals surface area contributed by atoms with E-state index in [-0.39, 0.29) is 17.9 Å². The molecule has 1 unspecified atom stereocenters. The Morgan fingerprint density at radius 1 is 1.50 bits per heavy atom. The number of likely N-dealkylation sites (N-methyl/N-ethyl adjacent to an activating group) is 1. The van der Waals surface area contributed by atoms with Gasteiger partial charge in [-0.25, -0.2) is 5.84 Å². The lowest BCUT2D eigenvalue weighted by atomic mass is 10.0. The molecule has 0 aromatic heterocycles. The third-order valence-corrected chi connectivity index (χ3v) is 2.38. The van der Waals surface area contributed by atoms with E-state index >= 15 is 0 Å². The predicted molar refractivity (Wildman–Crippen MR) is 58.5 cm³/mol. The number of nitrogens with two attached hydrogens (primary N) is 1. The van der Waals surface area contributed by atoms with E-state index in [1.54, 1.807) is 0 Å². The SMILES string of the molecule is CCCCN(C)C(C(=O)NN)C(C)C. The van der Waals surface area contributed by atoms with Gasteiger partial charge in [0.1, 0.15) is 0 Å². The van der Waals surface area contributed by atoms with Crippen molar-refractivity contribution in [1.29, 1.82) is 0 Å². The average Bonchev–Trinajstić information content (AvgIpc) is 2.14. The summed E-state index contributed by atoms with van der Waals surface area (Å²) in [6, 6.07) is -0.119. The summed E-state index contributed by atoms with van der Waals surface area (Å²) in [6.45, 7) is 7.14. The molecule has 14 heavy (non-hydrogen) atoms. The number of carbonyl (C=O) groups excluding carboxylic acids is 1. The van der Waals surface area contributed by atoms with Crippen LogP contribution in [0.5, 0.6) is 0 Å². The fourth-order valence-corrected chi connectivity index (χ4v) is 1.64. The van der Waals surface area contributed by atoms with E-state index in [1.165, 1.54) is 0 Å². The Bertz CT molecular complexity index is 171. The second-order valence-electron chi connectivity index (χ2n) is 4.03. The van der Waals surface area contributed by atoms with Crippen LogP contribution in [0.2, 0.25) is 0 Å². The van der Waals surface area contributed by atoms with E-state index in [0.717, 1.165) is 19.4 Å². The lowest BCUT2D eigenvalue weighted by molar-refractivity contribution is -0.127. The third-order valence-electron chi connectivity index (χ3n) is 2.38. The molecule has 84 valence electrons. The number of hydrazine groups is 1. The van der Waals surface area contributed by atoms with Gasteiger partial charge in [-0.2, -0.15) is 0 Å². The van der Waals surface area contributed by atoms with E-state index < -0.39 is 0 Å². The predicted octanol–water partition coefficient (Wildman–Crippen LogP) is 0.733. The van der Waals surface area contributed by atoms with Crippen LogP contribution in [0.15, 0.2) is 0 Å². The molecule has 1 atom stereocenters. The van der Waals surface area contributed by atoms with Gasteiger partial charge in [0.25, 0.3) is 5.91 Å². The highest BCUT2D eigenvalue weighted by Gasteiger charge is 2.25. The minimum absolute atomic E-state index is 0.0985. The molecular weight excluding hydrogens is 178 g/mol. The highest BCUT2D eigenvalue weighted by atomic mass is 16.2. The van der Waals surface area contributed by atoms with Crippen molar-refractivity contribution in [3.05, 3.63) is 0 Å². The molecule has 0 radical (unpaired) electrons. The topological polar surface area (TPSA) is 58.4 Å². The maximum Gasteiger partial charge on any atom is 0.251 e. The molecule has 0 rings (SSSR count). The normalized spacial score (nSPS) is 13.4. The van der Waals surface area contributed by atoms with Crippen LogP contribution >= 0.6 is 0 Å². The number of nitrogens with zero attached hydrogens (tertiary/aromatic N) is 1. The molecule has 0 aromatic carbocycles. The number of hydrogen-bond donors (Lipinski definition) is 2. The lowest BCUT2D eigenvalue weighted by Crippen LogP contribution is -2.50. The molecule has 0 saturated heterocycles. The summed E-state index contributed by atoms with van der Waals surface area (Å²) in [7, 11) is 1.97. The minimum atomic E-state index is -0.119. The summed E-state index contributed by atoms with van der Waals surface area (Å²) in [5.74, 6) is 5.33. The Labute approximate surface area is 86.8 Å². The maximum absolute atomic E-state index is 11.5. The summed E-state index contributed by atoms with van der Waals surface area (Å²) in [4.78, 5) is 13.5. The summed E-state index contributed by atoms with van der Waals surface area (Å²) in [5, 5.41) is 0. The van der Waals surface area contributed by atoms with Crippen LogP contribution in [0.25, 0.3) is 0 Å². The van der Waals surface area contributed by atoms with E-state index in [4.69, 9.17) is 5.84 Å². The Hall–Kier alpha value is -0.610. The number of carbonyl (C=O) groups is 1. The first-order valence-electron chi connectivity index (χ1n) is 5.25. The zero-order valence-corrected chi connectivity index (χ0v) is 9.71. The molecule has 0 fully saturated rings. The fourth-order valence-electron chi connectivity index (χ4n) is 1.64. The van der Waals surface area contributed by atoms with E-state index in [1.807, 2.05) is 20.9 Å².